The van der Waals surface area contributed by atoms with Gasteiger partial charge < -0.3 is 4.90 Å². The Morgan fingerprint density at radius 3 is 2.53 bits per heavy atom. The molecule has 1 saturated heterocycles. The summed E-state index contributed by atoms with van der Waals surface area (Å²) < 4.78 is 0. The fourth-order valence-corrected chi connectivity index (χ4v) is 2.12. The summed E-state index contributed by atoms with van der Waals surface area (Å²) in [5, 5.41) is 0.619. The van der Waals surface area contributed by atoms with E-state index in [0.29, 0.717) is 37.4 Å². The molecule has 0 N–H and O–H groups in total. The van der Waals surface area contributed by atoms with Gasteiger partial charge in [0.25, 0.3) is 0 Å². The maximum atomic E-state index is 12.0. The molecule has 1 amide bonds. The van der Waals surface area contributed by atoms with Crippen LogP contribution in [0.3, 0.4) is 0 Å². The third-order valence-corrected chi connectivity index (χ3v) is 3.34. The first-order valence-corrected chi connectivity index (χ1v) is 6.07. The number of nitrogens with zero attached hydrogens (tertiary/aromatic N) is 1. The number of carbonyl (C=O) groups excluding carboxylic acids is 2. The molecule has 2 rings (SSSR count). The lowest BCUT2D eigenvalue weighted by molar-refractivity contribution is -0.133. The monoisotopic (exact) mass is 251 g/mol. The summed E-state index contributed by atoms with van der Waals surface area (Å²) in [7, 11) is 0. The van der Waals surface area contributed by atoms with Gasteiger partial charge in [-0.05, 0) is 11.6 Å². The van der Waals surface area contributed by atoms with E-state index >= 15 is 0 Å². The van der Waals surface area contributed by atoms with Gasteiger partial charge in [-0.25, -0.2) is 0 Å². The van der Waals surface area contributed by atoms with Crippen molar-refractivity contribution in [3.05, 3.63) is 34.9 Å². The van der Waals surface area contributed by atoms with Gasteiger partial charge in [0, 0.05) is 31.0 Å². The summed E-state index contributed by atoms with van der Waals surface area (Å²) in [4.78, 5) is 24.8. The van der Waals surface area contributed by atoms with E-state index in [4.69, 9.17) is 11.6 Å². The lowest BCUT2D eigenvalue weighted by atomic mass is 10.1. The quantitative estimate of drug-likeness (QED) is 0.807. The molecular weight excluding hydrogens is 238 g/mol. The van der Waals surface area contributed by atoms with Crippen molar-refractivity contribution >= 4 is 23.3 Å². The number of halogens is 1. The molecule has 0 saturated carbocycles. The van der Waals surface area contributed by atoms with E-state index < -0.39 is 0 Å². The fourth-order valence-electron chi connectivity index (χ4n) is 1.92. The minimum Gasteiger partial charge on any atom is -0.342 e. The lowest BCUT2D eigenvalue weighted by Gasteiger charge is -2.26. The minimum atomic E-state index is 0.0469. The van der Waals surface area contributed by atoms with Crippen LogP contribution in [0.4, 0.5) is 0 Å². The Labute approximate surface area is 105 Å². The van der Waals surface area contributed by atoms with Crippen molar-refractivity contribution in [3.63, 3.8) is 0 Å². The summed E-state index contributed by atoms with van der Waals surface area (Å²) in [6.07, 6.45) is 1.27. The maximum absolute atomic E-state index is 12.0. The van der Waals surface area contributed by atoms with Gasteiger partial charge in [-0.1, -0.05) is 29.8 Å². The van der Waals surface area contributed by atoms with E-state index in [2.05, 4.69) is 0 Å². The molecule has 0 aliphatic carbocycles. The number of carbonyl (C=O) groups is 2. The van der Waals surface area contributed by atoms with Crippen LogP contribution < -0.4 is 0 Å². The molecule has 1 aliphatic heterocycles. The van der Waals surface area contributed by atoms with Crippen molar-refractivity contribution in [1.82, 2.24) is 4.90 Å². The molecule has 0 spiro atoms. The number of likely N-dealkylation sites (tertiary alicyclic amines) is 1. The number of hydrogen-bond donors (Lipinski definition) is 0. The average Bonchev–Trinajstić information content (AvgIpc) is 2.33. The van der Waals surface area contributed by atoms with Gasteiger partial charge in [0.05, 0.1) is 6.42 Å². The fraction of sp³-hybridized carbons (Fsp3) is 0.385. The van der Waals surface area contributed by atoms with E-state index in [1.165, 1.54) is 0 Å². The van der Waals surface area contributed by atoms with E-state index in [-0.39, 0.29) is 11.7 Å². The first-order valence-electron chi connectivity index (χ1n) is 5.69. The Morgan fingerprint density at radius 2 is 1.88 bits per heavy atom. The van der Waals surface area contributed by atoms with Crippen LogP contribution in [0.2, 0.25) is 5.02 Å². The van der Waals surface area contributed by atoms with Gasteiger partial charge in [-0.3, -0.25) is 9.59 Å². The number of ketones is 1. The van der Waals surface area contributed by atoms with Crippen LogP contribution in [-0.4, -0.2) is 29.7 Å². The number of rotatable bonds is 2. The Morgan fingerprint density at radius 1 is 1.24 bits per heavy atom. The van der Waals surface area contributed by atoms with Crippen molar-refractivity contribution in [1.29, 1.82) is 0 Å². The molecule has 3 nitrogen and oxygen atoms in total. The van der Waals surface area contributed by atoms with Crippen molar-refractivity contribution in [2.24, 2.45) is 0 Å². The second kappa shape index (κ2) is 5.32. The van der Waals surface area contributed by atoms with Crippen LogP contribution >= 0.6 is 11.6 Å². The number of hydrogen-bond acceptors (Lipinski definition) is 2. The van der Waals surface area contributed by atoms with Crippen molar-refractivity contribution < 1.29 is 9.59 Å². The molecule has 17 heavy (non-hydrogen) atoms. The molecule has 1 aliphatic rings. The first kappa shape index (κ1) is 12.1. The zero-order valence-corrected chi connectivity index (χ0v) is 10.2. The molecule has 1 aromatic rings. The van der Waals surface area contributed by atoms with Gasteiger partial charge in [0.2, 0.25) is 5.91 Å². The molecule has 0 unspecified atom stereocenters. The predicted octanol–water partition coefficient (Wildman–Crippen LogP) is 2.07. The maximum Gasteiger partial charge on any atom is 0.227 e. The van der Waals surface area contributed by atoms with Gasteiger partial charge >= 0.3 is 0 Å². The third kappa shape index (κ3) is 3.07. The molecule has 0 aromatic heterocycles. The summed E-state index contributed by atoms with van der Waals surface area (Å²) in [6, 6.07) is 7.35. The molecular formula is C13H14ClNO2. The summed E-state index contributed by atoms with van der Waals surface area (Å²) in [6.45, 7) is 1.09. The Kier molecular flexibility index (Phi) is 3.79. The highest BCUT2D eigenvalue weighted by atomic mass is 35.5. The smallest absolute Gasteiger partial charge is 0.227 e. The minimum absolute atomic E-state index is 0.0469. The van der Waals surface area contributed by atoms with Gasteiger partial charge in [0.1, 0.15) is 5.78 Å². The largest absolute Gasteiger partial charge is 0.342 e. The van der Waals surface area contributed by atoms with Crippen LogP contribution in [-0.2, 0) is 16.0 Å². The molecule has 0 radical (unpaired) electrons. The van der Waals surface area contributed by atoms with Crippen LogP contribution in [0, 0.1) is 0 Å². The van der Waals surface area contributed by atoms with Crippen LogP contribution in [0.1, 0.15) is 18.4 Å². The third-order valence-electron chi connectivity index (χ3n) is 2.97. The average molecular weight is 252 g/mol. The zero-order chi connectivity index (χ0) is 12.3. The Balaban J connectivity index is 1.98. The molecule has 1 heterocycles. The second-order valence-electron chi connectivity index (χ2n) is 4.19. The van der Waals surface area contributed by atoms with Crippen molar-refractivity contribution in [2.45, 2.75) is 19.3 Å². The van der Waals surface area contributed by atoms with E-state index in [1.807, 2.05) is 18.2 Å². The number of piperidine rings is 1. The normalized spacial score (nSPS) is 16.1. The predicted molar refractivity (Wildman–Crippen MR) is 66.0 cm³/mol. The van der Waals surface area contributed by atoms with E-state index in [0.717, 1.165) is 5.56 Å². The van der Waals surface area contributed by atoms with Gasteiger partial charge in [-0.15, -0.1) is 0 Å². The first-order chi connectivity index (χ1) is 8.16. The topological polar surface area (TPSA) is 37.4 Å². The highest BCUT2D eigenvalue weighted by Gasteiger charge is 2.21. The SMILES string of the molecule is O=C1CCN(C(=O)Cc2ccccc2Cl)CC1. The molecule has 4 heteroatoms. The number of benzene rings is 1. The van der Waals surface area contributed by atoms with E-state index in [9.17, 15) is 9.59 Å². The van der Waals surface area contributed by atoms with Crippen molar-refractivity contribution in [2.75, 3.05) is 13.1 Å². The Hall–Kier alpha value is -1.35. The van der Waals surface area contributed by atoms with Crippen LogP contribution in [0.5, 0.6) is 0 Å². The summed E-state index contributed by atoms with van der Waals surface area (Å²) >= 11 is 6.01. The Bertz CT molecular complexity index is 435. The molecule has 1 fully saturated rings. The van der Waals surface area contributed by atoms with Crippen molar-refractivity contribution in [3.8, 4) is 0 Å². The number of amides is 1. The zero-order valence-electron chi connectivity index (χ0n) is 9.49. The highest BCUT2D eigenvalue weighted by Crippen LogP contribution is 2.17. The van der Waals surface area contributed by atoms with Crippen LogP contribution in [0.25, 0.3) is 0 Å². The lowest BCUT2D eigenvalue weighted by Crippen LogP contribution is -2.39. The second-order valence-corrected chi connectivity index (χ2v) is 4.59. The number of Topliss-reactive ketones (excluding diaryl/α,β-unsaturated/α-hetero) is 1. The summed E-state index contributed by atoms with van der Waals surface area (Å²) in [5.41, 5.74) is 0.844. The molecule has 1 aromatic carbocycles. The standard InChI is InChI=1S/C13H14ClNO2/c14-12-4-2-1-3-10(12)9-13(17)15-7-5-11(16)6-8-15/h1-4H,5-9H2. The molecule has 90 valence electrons. The highest BCUT2D eigenvalue weighted by molar-refractivity contribution is 6.31. The van der Waals surface area contributed by atoms with Gasteiger partial charge in [0.15, 0.2) is 0 Å². The van der Waals surface area contributed by atoms with E-state index in [1.54, 1.807) is 11.0 Å². The van der Waals surface area contributed by atoms with Crippen LogP contribution in [0.15, 0.2) is 24.3 Å². The van der Waals surface area contributed by atoms with Gasteiger partial charge in [-0.2, -0.15) is 0 Å². The molecule has 0 atom stereocenters. The summed E-state index contributed by atoms with van der Waals surface area (Å²) in [5.74, 6) is 0.289. The molecule has 0 bridgehead atoms.